The number of nitrogens with one attached hydrogen (secondary N) is 2. The molecule has 28 heavy (non-hydrogen) atoms. The molecule has 0 aliphatic heterocycles. The quantitative estimate of drug-likeness (QED) is 0.450. The maximum atomic E-state index is 12.2. The number of carbonyl (C=O) groups excluding carboxylic acids is 3. The van der Waals surface area contributed by atoms with Gasteiger partial charge < -0.3 is 19.5 Å². The van der Waals surface area contributed by atoms with Crippen molar-refractivity contribution in [2.45, 2.75) is 33.6 Å². The third-order valence-corrected chi connectivity index (χ3v) is 3.71. The van der Waals surface area contributed by atoms with Crippen LogP contribution < -0.4 is 20.1 Å². The normalized spacial score (nSPS) is 10.4. The van der Waals surface area contributed by atoms with Crippen molar-refractivity contribution >= 4 is 29.5 Å². The Bertz CT molecular complexity index is 693. The molecule has 0 heterocycles. The summed E-state index contributed by atoms with van der Waals surface area (Å²) in [5.41, 5.74) is 0.0962. The molecule has 0 saturated carbocycles. The van der Waals surface area contributed by atoms with E-state index in [9.17, 15) is 14.4 Å². The molecule has 0 spiro atoms. The van der Waals surface area contributed by atoms with Crippen LogP contribution in [-0.2, 0) is 9.53 Å². The van der Waals surface area contributed by atoms with Crippen LogP contribution in [0.1, 0.15) is 44.0 Å². The largest absolute Gasteiger partial charge is 0.493 e. The molecule has 0 radical (unpaired) electrons. The number of hydrogen-bond donors (Lipinski definition) is 2. The van der Waals surface area contributed by atoms with Crippen LogP contribution in [0.4, 0.5) is 4.79 Å². The van der Waals surface area contributed by atoms with Gasteiger partial charge in [-0.15, -0.1) is 0 Å². The van der Waals surface area contributed by atoms with Gasteiger partial charge in [-0.1, -0.05) is 38.8 Å². The Morgan fingerprint density at radius 2 is 1.93 bits per heavy atom. The van der Waals surface area contributed by atoms with Crippen LogP contribution in [-0.4, -0.2) is 44.8 Å². The van der Waals surface area contributed by atoms with E-state index in [2.05, 4.69) is 10.6 Å². The van der Waals surface area contributed by atoms with Crippen molar-refractivity contribution in [1.29, 1.82) is 0 Å². The van der Waals surface area contributed by atoms with Crippen molar-refractivity contribution < 1.29 is 28.6 Å². The Morgan fingerprint density at radius 1 is 1.21 bits per heavy atom. The van der Waals surface area contributed by atoms with Crippen molar-refractivity contribution in [3.63, 3.8) is 0 Å². The van der Waals surface area contributed by atoms with Gasteiger partial charge in [-0.3, -0.25) is 10.1 Å². The predicted molar refractivity (Wildman–Crippen MR) is 105 cm³/mol. The molecule has 9 heteroatoms. The van der Waals surface area contributed by atoms with Gasteiger partial charge in [0.05, 0.1) is 24.3 Å². The minimum atomic E-state index is -0.780. The lowest BCUT2D eigenvalue weighted by Gasteiger charge is -2.15. The van der Waals surface area contributed by atoms with Crippen LogP contribution in [0.5, 0.6) is 11.5 Å². The summed E-state index contributed by atoms with van der Waals surface area (Å²) < 4.78 is 15.8. The van der Waals surface area contributed by atoms with Gasteiger partial charge in [0.25, 0.3) is 5.91 Å². The van der Waals surface area contributed by atoms with Crippen LogP contribution >= 0.6 is 11.6 Å². The lowest BCUT2D eigenvalue weighted by molar-refractivity contribution is -0.123. The number of hydrogen-bond acceptors (Lipinski definition) is 6. The molecule has 0 aliphatic carbocycles. The number of unbranched alkanes of at least 4 members (excludes halogenated alkanes) is 1. The zero-order valence-corrected chi connectivity index (χ0v) is 17.4. The number of ether oxygens (including phenoxy) is 3. The number of imide groups is 1. The molecular formula is C19H27ClN2O6. The highest BCUT2D eigenvalue weighted by molar-refractivity contribution is 6.32. The number of urea groups is 1. The average molecular weight is 415 g/mol. The fourth-order valence-corrected chi connectivity index (χ4v) is 2.29. The second-order valence-corrected chi connectivity index (χ2v) is 6.84. The molecule has 1 aromatic carbocycles. The molecule has 3 amide bonds. The standard InChI is InChI=1S/C19H27ClN2O6/c1-5-6-7-21-19(25)22-16(23)11-28-18(24)13-8-14(20)17(15(9-13)26-4)27-10-12(2)3/h8-9,12H,5-7,10-11H2,1-4H3,(H2,21,22,23,25). The minimum absolute atomic E-state index is 0.0962. The summed E-state index contributed by atoms with van der Waals surface area (Å²) >= 11 is 6.19. The molecular weight excluding hydrogens is 388 g/mol. The molecule has 8 nitrogen and oxygen atoms in total. The molecule has 0 aliphatic rings. The Morgan fingerprint density at radius 3 is 2.54 bits per heavy atom. The third-order valence-electron chi connectivity index (χ3n) is 3.43. The van der Waals surface area contributed by atoms with Crippen LogP contribution in [0.2, 0.25) is 5.02 Å². The SMILES string of the molecule is CCCCNC(=O)NC(=O)COC(=O)c1cc(Cl)c(OCC(C)C)c(OC)c1. The summed E-state index contributed by atoms with van der Waals surface area (Å²) in [6, 6.07) is 2.15. The molecule has 0 fully saturated rings. The van der Waals surface area contributed by atoms with Gasteiger partial charge in [-0.25, -0.2) is 9.59 Å². The van der Waals surface area contributed by atoms with Gasteiger partial charge in [0.2, 0.25) is 0 Å². The third kappa shape index (κ3) is 8.04. The summed E-state index contributed by atoms with van der Waals surface area (Å²) in [7, 11) is 1.42. The van der Waals surface area contributed by atoms with Gasteiger partial charge in [-0.2, -0.15) is 0 Å². The molecule has 156 valence electrons. The summed E-state index contributed by atoms with van der Waals surface area (Å²) in [5, 5.41) is 4.79. The van der Waals surface area contributed by atoms with Crippen molar-refractivity contribution in [3.05, 3.63) is 22.7 Å². The van der Waals surface area contributed by atoms with Gasteiger partial charge >= 0.3 is 12.0 Å². The molecule has 0 saturated heterocycles. The fraction of sp³-hybridized carbons (Fsp3) is 0.526. The summed E-state index contributed by atoms with van der Waals surface area (Å²) in [5.74, 6) is -0.631. The zero-order chi connectivity index (χ0) is 21.1. The average Bonchev–Trinajstić information content (AvgIpc) is 2.64. The van der Waals surface area contributed by atoms with Crippen LogP contribution in [0.15, 0.2) is 12.1 Å². The molecule has 1 aromatic rings. The number of halogens is 1. The highest BCUT2D eigenvalue weighted by atomic mass is 35.5. The van der Waals surface area contributed by atoms with Crippen LogP contribution in [0.25, 0.3) is 0 Å². The minimum Gasteiger partial charge on any atom is -0.493 e. The second kappa shape index (κ2) is 12.1. The molecule has 0 atom stereocenters. The van der Waals surface area contributed by atoms with Crippen LogP contribution in [0, 0.1) is 5.92 Å². The molecule has 1 rings (SSSR count). The molecule has 0 bridgehead atoms. The molecule has 0 unspecified atom stereocenters. The first-order valence-electron chi connectivity index (χ1n) is 9.03. The first-order chi connectivity index (χ1) is 13.3. The van der Waals surface area contributed by atoms with E-state index in [1.165, 1.54) is 19.2 Å². The highest BCUT2D eigenvalue weighted by Gasteiger charge is 2.18. The fourth-order valence-electron chi connectivity index (χ4n) is 2.03. The highest BCUT2D eigenvalue weighted by Crippen LogP contribution is 2.36. The van der Waals surface area contributed by atoms with Gasteiger partial charge in [0.15, 0.2) is 18.1 Å². The molecule has 2 N–H and O–H groups in total. The van der Waals surface area contributed by atoms with Crippen molar-refractivity contribution in [2.24, 2.45) is 5.92 Å². The number of benzene rings is 1. The Kier molecular flexibility index (Phi) is 10.2. The van der Waals surface area contributed by atoms with Crippen molar-refractivity contribution in [3.8, 4) is 11.5 Å². The number of methoxy groups -OCH3 is 1. The van der Waals surface area contributed by atoms with E-state index >= 15 is 0 Å². The van der Waals surface area contributed by atoms with Crippen molar-refractivity contribution in [1.82, 2.24) is 10.6 Å². The topological polar surface area (TPSA) is 103 Å². The number of esters is 1. The predicted octanol–water partition coefficient (Wildman–Crippen LogP) is 3.17. The number of carbonyl (C=O) groups is 3. The van der Waals surface area contributed by atoms with E-state index < -0.39 is 24.5 Å². The lowest BCUT2D eigenvalue weighted by atomic mass is 10.2. The monoisotopic (exact) mass is 414 g/mol. The van der Waals surface area contributed by atoms with Crippen molar-refractivity contribution in [2.75, 3.05) is 26.9 Å². The zero-order valence-electron chi connectivity index (χ0n) is 16.6. The van der Waals surface area contributed by atoms with Gasteiger partial charge in [0.1, 0.15) is 0 Å². The maximum Gasteiger partial charge on any atom is 0.338 e. The van der Waals surface area contributed by atoms with Gasteiger partial charge in [0, 0.05) is 6.54 Å². The van der Waals surface area contributed by atoms with E-state index in [1.807, 2.05) is 20.8 Å². The molecule has 0 aromatic heterocycles. The van der Waals surface area contributed by atoms with E-state index in [1.54, 1.807) is 0 Å². The van der Waals surface area contributed by atoms with E-state index in [0.29, 0.717) is 18.9 Å². The second-order valence-electron chi connectivity index (χ2n) is 6.43. The van der Waals surface area contributed by atoms with Gasteiger partial charge in [-0.05, 0) is 24.5 Å². The number of rotatable bonds is 10. The maximum absolute atomic E-state index is 12.2. The van der Waals surface area contributed by atoms with E-state index in [0.717, 1.165) is 12.8 Å². The summed E-state index contributed by atoms with van der Waals surface area (Å²) in [4.78, 5) is 35.4. The number of amides is 3. The lowest BCUT2D eigenvalue weighted by Crippen LogP contribution is -2.41. The Labute approximate surface area is 169 Å². The van der Waals surface area contributed by atoms with Crippen LogP contribution in [0.3, 0.4) is 0 Å². The Balaban J connectivity index is 2.65. The smallest absolute Gasteiger partial charge is 0.338 e. The van der Waals surface area contributed by atoms with E-state index in [-0.39, 0.29) is 22.3 Å². The van der Waals surface area contributed by atoms with E-state index in [4.69, 9.17) is 25.8 Å². The summed E-state index contributed by atoms with van der Waals surface area (Å²) in [6.45, 7) is 6.24. The Hall–Kier alpha value is -2.48. The first kappa shape index (κ1) is 23.6. The first-order valence-corrected chi connectivity index (χ1v) is 9.41. The summed E-state index contributed by atoms with van der Waals surface area (Å²) in [6.07, 6.45) is 1.72.